The van der Waals surface area contributed by atoms with Gasteiger partial charge in [0.1, 0.15) is 11.5 Å². The van der Waals surface area contributed by atoms with Crippen molar-refractivity contribution in [3.63, 3.8) is 0 Å². The number of ether oxygens (including phenoxy) is 2. The summed E-state index contributed by atoms with van der Waals surface area (Å²) in [5, 5.41) is 3.62. The first-order chi connectivity index (χ1) is 12.1. The first-order valence-electron chi connectivity index (χ1n) is 9.24. The number of hydrogen-bond donors (Lipinski definition) is 1. The van der Waals surface area contributed by atoms with E-state index in [1.165, 1.54) is 32.1 Å². The lowest BCUT2D eigenvalue weighted by atomic mass is 9.65. The van der Waals surface area contributed by atoms with E-state index < -0.39 is 0 Å². The number of methoxy groups -OCH3 is 2. The van der Waals surface area contributed by atoms with Crippen LogP contribution in [-0.2, 0) is 6.54 Å². The molecule has 0 radical (unpaired) electrons. The average Bonchev–Trinajstić information content (AvgIpc) is 3.42. The highest BCUT2D eigenvalue weighted by atomic mass is 16.5. The topological polar surface area (TPSA) is 46.1 Å². The molecule has 25 heavy (non-hydrogen) atoms. The predicted octanol–water partition coefficient (Wildman–Crippen LogP) is 3.29. The first kappa shape index (κ1) is 17.9. The lowest BCUT2D eigenvalue weighted by Crippen LogP contribution is -2.47. The molecular formula is C20H31N3O2. The Hall–Kier alpha value is -1.91. The molecule has 138 valence electrons. The summed E-state index contributed by atoms with van der Waals surface area (Å²) < 4.78 is 10.8. The zero-order chi connectivity index (χ0) is 17.9. The lowest BCUT2D eigenvalue weighted by molar-refractivity contribution is 0.105. The molecule has 0 saturated heterocycles. The quantitative estimate of drug-likeness (QED) is 0.608. The molecule has 1 N–H and O–H groups in total. The van der Waals surface area contributed by atoms with Crippen molar-refractivity contribution in [3.8, 4) is 11.5 Å². The molecule has 2 aliphatic carbocycles. The molecule has 0 unspecified atom stereocenters. The van der Waals surface area contributed by atoms with Crippen molar-refractivity contribution in [2.24, 2.45) is 16.3 Å². The van der Waals surface area contributed by atoms with E-state index in [0.717, 1.165) is 42.0 Å². The Morgan fingerprint density at radius 1 is 1.28 bits per heavy atom. The third-order valence-corrected chi connectivity index (χ3v) is 5.87. The Morgan fingerprint density at radius 2 is 2.04 bits per heavy atom. The molecule has 3 rings (SSSR count). The largest absolute Gasteiger partial charge is 0.497 e. The summed E-state index contributed by atoms with van der Waals surface area (Å²) >= 11 is 0. The van der Waals surface area contributed by atoms with Crippen molar-refractivity contribution >= 4 is 5.96 Å². The maximum atomic E-state index is 5.52. The maximum Gasteiger partial charge on any atom is 0.193 e. The van der Waals surface area contributed by atoms with E-state index in [1.54, 1.807) is 14.2 Å². The fraction of sp³-hybridized carbons (Fsp3) is 0.650. The summed E-state index contributed by atoms with van der Waals surface area (Å²) in [5.41, 5.74) is 1.66. The third-order valence-electron chi connectivity index (χ3n) is 5.87. The van der Waals surface area contributed by atoms with E-state index in [9.17, 15) is 0 Å². The molecule has 0 atom stereocenters. The van der Waals surface area contributed by atoms with Gasteiger partial charge in [-0.3, -0.25) is 4.99 Å². The molecule has 2 aliphatic rings. The van der Waals surface area contributed by atoms with E-state index in [1.807, 2.05) is 19.2 Å². The van der Waals surface area contributed by atoms with Crippen LogP contribution in [0, 0.1) is 11.3 Å². The molecule has 2 fully saturated rings. The molecule has 5 heteroatoms. The SMILES string of the molecule is CN=C(NCC1(C2CC2)CCC1)N(C)Cc1ccc(OC)cc1OC. The Kier molecular flexibility index (Phi) is 5.40. The Balaban J connectivity index is 1.61. The Morgan fingerprint density at radius 3 is 2.56 bits per heavy atom. The van der Waals surface area contributed by atoms with Gasteiger partial charge < -0.3 is 19.7 Å². The number of guanidine groups is 1. The summed E-state index contributed by atoms with van der Waals surface area (Å²) in [6.45, 7) is 1.79. The van der Waals surface area contributed by atoms with Gasteiger partial charge in [0.25, 0.3) is 0 Å². The number of nitrogens with zero attached hydrogens (tertiary/aromatic N) is 2. The van der Waals surface area contributed by atoms with E-state index in [4.69, 9.17) is 9.47 Å². The van der Waals surface area contributed by atoms with Gasteiger partial charge in [-0.1, -0.05) is 6.42 Å². The Bertz CT molecular complexity index is 621. The summed E-state index contributed by atoms with van der Waals surface area (Å²) in [7, 11) is 7.29. The van der Waals surface area contributed by atoms with Crippen molar-refractivity contribution in [1.82, 2.24) is 10.2 Å². The number of hydrogen-bond acceptors (Lipinski definition) is 3. The van der Waals surface area contributed by atoms with Crippen LogP contribution in [0.4, 0.5) is 0 Å². The second-order valence-electron chi connectivity index (χ2n) is 7.42. The van der Waals surface area contributed by atoms with Gasteiger partial charge in [-0.05, 0) is 49.1 Å². The van der Waals surface area contributed by atoms with E-state index >= 15 is 0 Å². The minimum absolute atomic E-state index is 0.536. The van der Waals surface area contributed by atoms with E-state index in [2.05, 4.69) is 28.3 Å². The molecular weight excluding hydrogens is 314 g/mol. The molecule has 2 saturated carbocycles. The van der Waals surface area contributed by atoms with Gasteiger partial charge in [0.05, 0.1) is 14.2 Å². The van der Waals surface area contributed by atoms with Crippen molar-refractivity contribution in [2.45, 2.75) is 38.6 Å². The highest BCUT2D eigenvalue weighted by Crippen LogP contribution is 2.56. The standard InChI is InChI=1S/C20H31N3O2/c1-21-19(22-14-20(10-5-11-20)16-7-8-16)23(2)13-15-6-9-17(24-3)12-18(15)25-4/h6,9,12,16H,5,7-8,10-11,13-14H2,1-4H3,(H,21,22). The van der Waals surface area contributed by atoms with Crippen molar-refractivity contribution in [1.29, 1.82) is 0 Å². The molecule has 0 heterocycles. The number of nitrogens with one attached hydrogen (secondary N) is 1. The summed E-state index contributed by atoms with van der Waals surface area (Å²) in [6.07, 6.45) is 6.96. The third kappa shape index (κ3) is 3.86. The Labute approximate surface area is 151 Å². The molecule has 0 spiro atoms. The van der Waals surface area contributed by atoms with Gasteiger partial charge >= 0.3 is 0 Å². The number of benzene rings is 1. The van der Waals surface area contributed by atoms with E-state index in [-0.39, 0.29) is 0 Å². The maximum absolute atomic E-state index is 5.52. The molecule has 1 aromatic carbocycles. The number of rotatable bonds is 7. The molecule has 0 amide bonds. The van der Waals surface area contributed by atoms with Crippen molar-refractivity contribution < 1.29 is 9.47 Å². The minimum atomic E-state index is 0.536. The number of aliphatic imine (C=N–C) groups is 1. The smallest absolute Gasteiger partial charge is 0.193 e. The fourth-order valence-electron chi connectivity index (χ4n) is 4.01. The lowest BCUT2D eigenvalue weighted by Gasteiger charge is -2.43. The van der Waals surface area contributed by atoms with Gasteiger partial charge in [-0.25, -0.2) is 0 Å². The monoisotopic (exact) mass is 345 g/mol. The van der Waals surface area contributed by atoms with Crippen LogP contribution in [0.15, 0.2) is 23.2 Å². The zero-order valence-corrected chi connectivity index (χ0v) is 16.0. The summed E-state index contributed by atoms with van der Waals surface area (Å²) in [4.78, 5) is 6.64. The first-order valence-corrected chi connectivity index (χ1v) is 9.24. The highest BCUT2D eigenvalue weighted by molar-refractivity contribution is 5.79. The molecule has 0 aliphatic heterocycles. The summed E-state index contributed by atoms with van der Waals surface area (Å²) in [6, 6.07) is 5.95. The van der Waals surface area contributed by atoms with Crippen LogP contribution in [0.25, 0.3) is 0 Å². The van der Waals surface area contributed by atoms with Gasteiger partial charge in [-0.2, -0.15) is 0 Å². The molecule has 1 aromatic rings. The second kappa shape index (κ2) is 7.54. The summed E-state index contributed by atoms with van der Waals surface area (Å²) in [5.74, 6) is 3.54. The molecule has 0 aromatic heterocycles. The van der Waals surface area contributed by atoms with Crippen LogP contribution in [-0.4, -0.2) is 45.7 Å². The van der Waals surface area contributed by atoms with Crippen LogP contribution in [0.3, 0.4) is 0 Å². The predicted molar refractivity (Wildman–Crippen MR) is 101 cm³/mol. The van der Waals surface area contributed by atoms with Crippen molar-refractivity contribution in [3.05, 3.63) is 23.8 Å². The highest BCUT2D eigenvalue weighted by Gasteiger charge is 2.48. The van der Waals surface area contributed by atoms with Crippen LogP contribution < -0.4 is 14.8 Å². The van der Waals surface area contributed by atoms with Crippen LogP contribution >= 0.6 is 0 Å². The normalized spacial score (nSPS) is 19.1. The van der Waals surface area contributed by atoms with Crippen molar-refractivity contribution in [2.75, 3.05) is 34.9 Å². The van der Waals surface area contributed by atoms with E-state index in [0.29, 0.717) is 5.41 Å². The van der Waals surface area contributed by atoms with Gasteiger partial charge in [0.2, 0.25) is 0 Å². The van der Waals surface area contributed by atoms with Crippen LogP contribution in [0.5, 0.6) is 11.5 Å². The molecule has 5 nitrogen and oxygen atoms in total. The fourth-order valence-corrected chi connectivity index (χ4v) is 4.01. The average molecular weight is 345 g/mol. The van der Waals surface area contributed by atoms with Gasteiger partial charge in [0.15, 0.2) is 5.96 Å². The van der Waals surface area contributed by atoms with Gasteiger partial charge in [-0.15, -0.1) is 0 Å². The van der Waals surface area contributed by atoms with Gasteiger partial charge in [0, 0.05) is 38.8 Å². The van der Waals surface area contributed by atoms with Crippen LogP contribution in [0.1, 0.15) is 37.7 Å². The van der Waals surface area contributed by atoms with Crippen LogP contribution in [0.2, 0.25) is 0 Å². The second-order valence-corrected chi connectivity index (χ2v) is 7.42. The zero-order valence-electron chi connectivity index (χ0n) is 16.0. The minimum Gasteiger partial charge on any atom is -0.497 e. The molecule has 0 bridgehead atoms.